The molecule has 408 valence electrons. The van der Waals surface area contributed by atoms with Gasteiger partial charge in [0.25, 0.3) is 0 Å². The molecular formula is C59H56F10N2O6. The molecular weight excluding hydrogens is 1020 g/mol. The van der Waals surface area contributed by atoms with E-state index in [-0.39, 0.29) is 63.2 Å². The van der Waals surface area contributed by atoms with Crippen molar-refractivity contribution in [3.05, 3.63) is 202 Å². The van der Waals surface area contributed by atoms with Crippen LogP contribution in [0.3, 0.4) is 0 Å². The average molecular weight is 1080 g/mol. The van der Waals surface area contributed by atoms with E-state index in [4.69, 9.17) is 30.4 Å². The van der Waals surface area contributed by atoms with Crippen LogP contribution in [0.2, 0.25) is 0 Å². The Morgan fingerprint density at radius 3 is 1.06 bits per heavy atom. The monoisotopic (exact) mass is 1080 g/mol. The van der Waals surface area contributed by atoms with Gasteiger partial charge in [0.1, 0.15) is 24.7 Å². The van der Waals surface area contributed by atoms with Gasteiger partial charge in [0, 0.05) is 41.8 Å². The van der Waals surface area contributed by atoms with Gasteiger partial charge in [-0.05, 0) is 170 Å². The van der Waals surface area contributed by atoms with E-state index in [0.717, 1.165) is 47.5 Å². The maximum absolute atomic E-state index is 15.1. The molecule has 77 heavy (non-hydrogen) atoms. The molecule has 0 saturated carbocycles. The number of nitrogens with two attached hydrogens (primary N) is 2. The molecule has 18 heteroatoms. The summed E-state index contributed by atoms with van der Waals surface area (Å²) in [7, 11) is 0. The van der Waals surface area contributed by atoms with Gasteiger partial charge in [0.15, 0.2) is 0 Å². The van der Waals surface area contributed by atoms with Crippen LogP contribution in [0.15, 0.2) is 158 Å². The number of halogens is 10. The van der Waals surface area contributed by atoms with Crippen molar-refractivity contribution in [3.63, 3.8) is 0 Å². The molecule has 0 aliphatic rings. The zero-order valence-electron chi connectivity index (χ0n) is 41.5. The van der Waals surface area contributed by atoms with Crippen LogP contribution >= 0.6 is 0 Å². The Morgan fingerprint density at radius 2 is 0.740 bits per heavy atom. The van der Waals surface area contributed by atoms with E-state index in [1.165, 1.54) is 84.9 Å². The summed E-state index contributed by atoms with van der Waals surface area (Å²) in [5.74, 6) is -1.91. The summed E-state index contributed by atoms with van der Waals surface area (Å²) in [6.45, 7) is -0.519. The van der Waals surface area contributed by atoms with Gasteiger partial charge in [-0.15, -0.1) is 0 Å². The summed E-state index contributed by atoms with van der Waals surface area (Å²) in [5, 5.41) is 0. The van der Waals surface area contributed by atoms with E-state index in [1.807, 2.05) is 0 Å². The number of hydrogen-bond acceptors (Lipinski definition) is 8. The second kappa shape index (κ2) is 26.3. The minimum Gasteiger partial charge on any atom is -0.462 e. The van der Waals surface area contributed by atoms with Crippen LogP contribution in [0.1, 0.15) is 83.0 Å². The summed E-state index contributed by atoms with van der Waals surface area (Å²) in [5.41, 5.74) is 14.6. The van der Waals surface area contributed by atoms with Crippen LogP contribution in [-0.2, 0) is 57.0 Å². The number of benzene rings is 6. The summed E-state index contributed by atoms with van der Waals surface area (Å²) >= 11 is 0. The van der Waals surface area contributed by atoms with Crippen LogP contribution in [-0.4, -0.2) is 37.5 Å². The van der Waals surface area contributed by atoms with Crippen molar-refractivity contribution in [2.24, 2.45) is 5.41 Å². The summed E-state index contributed by atoms with van der Waals surface area (Å²) in [4.78, 5) is 26.7. The number of carbonyl (C=O) groups is 2. The number of hydrogen-bond donors (Lipinski definition) is 2. The molecule has 0 bridgehead atoms. The minimum atomic E-state index is -4.25. The highest BCUT2D eigenvalue weighted by atomic mass is 19.4. The van der Waals surface area contributed by atoms with Gasteiger partial charge in [-0.1, -0.05) is 72.8 Å². The highest BCUT2D eigenvalue weighted by molar-refractivity contribution is 5.87. The lowest BCUT2D eigenvalue weighted by molar-refractivity contribution is -0.186. The largest absolute Gasteiger partial charge is 0.462 e. The van der Waals surface area contributed by atoms with Gasteiger partial charge < -0.3 is 30.4 Å². The van der Waals surface area contributed by atoms with E-state index in [1.54, 1.807) is 48.5 Å². The van der Waals surface area contributed by atoms with Crippen molar-refractivity contribution < 1.29 is 72.4 Å². The SMILES string of the molecule is Nc1ccc(CC(COC(=O)/C=C/c2ccc(OC(F)(F)c3ccc(CCCCC(F)(F)F)cc3)cc2)(COC(=O)/C=C/c2ccc(OC(F)(F)c3ccc(CCCCC(F)(F)F)cc3)cc2)Cc2ccc(N)cc2)cc1. The summed E-state index contributed by atoms with van der Waals surface area (Å²) in [6.07, 6.45) is -11.3. The fourth-order valence-corrected chi connectivity index (χ4v) is 8.07. The molecule has 0 saturated heterocycles. The Labute approximate surface area is 439 Å². The lowest BCUT2D eigenvalue weighted by Crippen LogP contribution is -2.38. The minimum absolute atomic E-state index is 0.0699. The van der Waals surface area contributed by atoms with E-state index in [0.29, 0.717) is 46.5 Å². The van der Waals surface area contributed by atoms with Crippen molar-refractivity contribution in [2.45, 2.75) is 88.8 Å². The second-order valence-corrected chi connectivity index (χ2v) is 18.6. The standard InChI is InChI=1S/C59H56F10N2O6/c60-56(61,62)35-3-1-5-41-7-21-47(22-8-41)58(66,67)76-51-29-15-43(16-30-51)19-33-53(72)74-39-55(37-45-11-25-49(70)26-12-45,38-46-13-27-50(71)28-14-46)40-75-54(73)34-20-44-17-31-52(32-18-44)77-59(68,69)48-23-9-42(10-24-48)6-2-4-36-57(63,64)65/h7-34H,1-6,35-40,70-71H2/b33-19+,34-20+. The zero-order valence-corrected chi connectivity index (χ0v) is 41.5. The van der Waals surface area contributed by atoms with E-state index < -0.39 is 65.9 Å². The molecule has 8 nitrogen and oxygen atoms in total. The topological polar surface area (TPSA) is 123 Å². The molecule has 0 heterocycles. The number of unbranched alkanes of at least 4 members (excludes halogenated alkanes) is 2. The first-order valence-electron chi connectivity index (χ1n) is 24.5. The molecule has 0 amide bonds. The van der Waals surface area contributed by atoms with Gasteiger partial charge in [-0.3, -0.25) is 0 Å². The van der Waals surface area contributed by atoms with Crippen LogP contribution in [0.5, 0.6) is 11.5 Å². The Morgan fingerprint density at radius 1 is 0.416 bits per heavy atom. The third kappa shape index (κ3) is 20.0. The highest BCUT2D eigenvalue weighted by Gasteiger charge is 2.37. The Bertz CT molecular complexity index is 2670. The Balaban J connectivity index is 1.08. The quantitative estimate of drug-likeness (QED) is 0.0181. The molecule has 6 rings (SSSR count). The van der Waals surface area contributed by atoms with Gasteiger partial charge >= 0.3 is 36.5 Å². The van der Waals surface area contributed by atoms with Crippen LogP contribution < -0.4 is 20.9 Å². The van der Waals surface area contributed by atoms with Crippen LogP contribution in [0.4, 0.5) is 55.3 Å². The summed E-state index contributed by atoms with van der Waals surface area (Å²) < 4.78 is 157. The smallest absolute Gasteiger partial charge is 0.426 e. The predicted molar refractivity (Wildman–Crippen MR) is 274 cm³/mol. The van der Waals surface area contributed by atoms with Gasteiger partial charge in [-0.25, -0.2) is 9.59 Å². The fraction of sp³-hybridized carbons (Fsp3) is 0.288. The molecule has 0 radical (unpaired) electrons. The zero-order chi connectivity index (χ0) is 55.7. The number of alkyl halides is 10. The first-order chi connectivity index (χ1) is 36.4. The van der Waals surface area contributed by atoms with Crippen molar-refractivity contribution in [1.29, 1.82) is 0 Å². The number of aryl methyl sites for hydroxylation is 2. The molecule has 0 atom stereocenters. The normalized spacial score (nSPS) is 12.5. The maximum atomic E-state index is 15.1. The number of ether oxygens (including phenoxy) is 4. The lowest BCUT2D eigenvalue weighted by atomic mass is 9.77. The van der Waals surface area contributed by atoms with Crippen LogP contribution in [0, 0.1) is 5.41 Å². The van der Waals surface area contributed by atoms with E-state index in [9.17, 15) is 35.9 Å². The molecule has 0 aliphatic carbocycles. The van der Waals surface area contributed by atoms with Gasteiger partial charge in [0.2, 0.25) is 0 Å². The molecule has 0 fully saturated rings. The van der Waals surface area contributed by atoms with Crippen molar-refractivity contribution in [1.82, 2.24) is 0 Å². The summed E-state index contributed by atoms with van der Waals surface area (Å²) in [6, 6.07) is 35.2. The number of nitrogen functional groups attached to an aromatic ring is 2. The number of rotatable bonds is 26. The lowest BCUT2D eigenvalue weighted by Gasteiger charge is -2.33. The fourth-order valence-electron chi connectivity index (χ4n) is 8.07. The predicted octanol–water partition coefficient (Wildman–Crippen LogP) is 14.9. The Hall–Kier alpha value is -7.76. The molecule has 0 aromatic heterocycles. The molecule has 6 aromatic rings. The van der Waals surface area contributed by atoms with Crippen molar-refractivity contribution in [3.8, 4) is 11.5 Å². The number of anilines is 2. The molecule has 0 unspecified atom stereocenters. The third-order valence-electron chi connectivity index (χ3n) is 12.2. The first-order valence-corrected chi connectivity index (χ1v) is 24.5. The molecule has 4 N–H and O–H groups in total. The highest BCUT2D eigenvalue weighted by Crippen LogP contribution is 2.35. The van der Waals surface area contributed by atoms with E-state index in [2.05, 4.69) is 0 Å². The van der Waals surface area contributed by atoms with Gasteiger partial charge in [0.05, 0.1) is 11.1 Å². The second-order valence-electron chi connectivity index (χ2n) is 18.6. The maximum Gasteiger partial charge on any atom is 0.426 e. The average Bonchev–Trinajstić information content (AvgIpc) is 3.38. The third-order valence-corrected chi connectivity index (χ3v) is 12.2. The molecule has 0 spiro atoms. The number of carbonyl (C=O) groups excluding carboxylic acids is 2. The van der Waals surface area contributed by atoms with E-state index >= 15 is 17.6 Å². The van der Waals surface area contributed by atoms with Gasteiger partial charge in [-0.2, -0.15) is 43.9 Å². The van der Waals surface area contributed by atoms with Crippen molar-refractivity contribution >= 4 is 35.5 Å². The Kier molecular flexibility index (Phi) is 20.0. The number of esters is 2. The molecule has 0 aliphatic heterocycles. The molecule has 6 aromatic carbocycles. The van der Waals surface area contributed by atoms with Crippen molar-refractivity contribution in [2.75, 3.05) is 24.7 Å². The first kappa shape index (κ1) is 58.5. The van der Waals surface area contributed by atoms with Crippen LogP contribution in [0.25, 0.3) is 12.2 Å².